The molecule has 0 atom stereocenters. The normalized spacial score (nSPS) is 10.3. The van der Waals surface area contributed by atoms with E-state index in [0.29, 0.717) is 86.7 Å². The summed E-state index contributed by atoms with van der Waals surface area (Å²) in [5.74, 6) is -0.288. The quantitative estimate of drug-likeness (QED) is 0.00668. The van der Waals surface area contributed by atoms with Crippen LogP contribution < -0.4 is 42.3 Å². The number of rotatable bonds is 20. The fraction of sp³-hybridized carbons (Fsp3) is 0.104. The number of carbonyl (C=O) groups excluding carboxylic acids is 3. The van der Waals surface area contributed by atoms with Crippen molar-refractivity contribution < 1.29 is 104 Å². The van der Waals surface area contributed by atoms with Gasteiger partial charge in [0.15, 0.2) is 6.29 Å². The maximum Gasteiger partial charge on any atom is 0.394 e. The van der Waals surface area contributed by atoms with Crippen molar-refractivity contribution in [3.05, 3.63) is 410 Å². The maximum absolute atomic E-state index is 12.3. The van der Waals surface area contributed by atoms with Gasteiger partial charge in [0.05, 0.1) is 46.4 Å². The van der Waals surface area contributed by atoms with E-state index in [1.165, 1.54) is 50.2 Å². The smallest absolute Gasteiger partial charge is 0.394 e. The number of carboxylic acid groups (broad SMARTS) is 1. The molecule has 0 aliphatic heterocycles. The number of phenolic OH excluding ortho intramolecular Hbond substituents is 4. The lowest BCUT2D eigenvalue weighted by molar-refractivity contribution is -0.136. The van der Waals surface area contributed by atoms with Crippen LogP contribution in [0.5, 0.6) is 40.2 Å². The molecule has 0 radical (unpaired) electrons. The van der Waals surface area contributed by atoms with Crippen molar-refractivity contribution in [2.24, 2.45) is 0 Å². The van der Waals surface area contributed by atoms with Crippen LogP contribution in [0.15, 0.2) is 393 Å². The Kier molecular flexibility index (Phi) is 38.6. The Hall–Kier alpha value is -16.9. The molecule has 12 aromatic carbocycles. The minimum Gasteiger partial charge on any atom is -0.508 e. The van der Waals surface area contributed by atoms with Gasteiger partial charge in [-0.1, -0.05) is 194 Å². The SMILES string of the molecule is C=CCCCCO.C=CCCCCOc1ccc2cc(-c3ccccc3)c(=O)oc2c1.CC(=O)Oc1ccc2cc(-c3ccccc3)c(=O)oc2c1.CC(=O)Oc1ccc2cc(-c3ccccc3)c(=O)oc2c1.O=C(O)Cc1ccccc1.O=Cc1ccc(O)cc1O.O=S(=O)(O)O.O=c1oc2cc(O)ccc2cc1-c1ccccc1.O=c1oc2cc(O)ccc2cc1-c1ccccc1. The number of unbranched alkanes of at least 4 members (excludes halogenated alkanes) is 4. The molecule has 5 aromatic heterocycles. The number of ether oxygens (including phenoxy) is 3. The third-order valence-electron chi connectivity index (χ3n) is 18.7. The molecule has 5 heterocycles. The molecule has 0 unspecified atom stereocenters. The van der Waals surface area contributed by atoms with Crippen molar-refractivity contribution >= 4 is 89.4 Å². The molecular weight excluding hydrogens is 1740 g/mol. The van der Waals surface area contributed by atoms with Crippen molar-refractivity contribution in [1.82, 2.24) is 0 Å². The summed E-state index contributed by atoms with van der Waals surface area (Å²) in [6.45, 7) is 10.9. The van der Waals surface area contributed by atoms with Gasteiger partial charge in [0.1, 0.15) is 68.2 Å². The lowest BCUT2D eigenvalue weighted by Crippen LogP contribution is -2.04. The topological polar surface area (TPSA) is 443 Å². The van der Waals surface area contributed by atoms with E-state index in [4.69, 9.17) is 74.2 Å². The van der Waals surface area contributed by atoms with Crippen molar-refractivity contribution in [1.29, 1.82) is 0 Å². The number of hydrogen-bond acceptors (Lipinski definition) is 24. The number of hydrogen-bond donors (Lipinski definition) is 8. The van der Waals surface area contributed by atoms with E-state index in [2.05, 4.69) is 13.2 Å². The molecule has 0 fully saturated rings. The molecule has 0 aliphatic rings. The number of fused-ring (bicyclic) bond motifs is 5. The van der Waals surface area contributed by atoms with Crippen LogP contribution in [-0.2, 0) is 31.2 Å². The summed E-state index contributed by atoms with van der Waals surface area (Å²) in [5.41, 5.74) is 7.85. The van der Waals surface area contributed by atoms with Gasteiger partial charge in [-0.15, -0.1) is 13.2 Å². The molecule has 684 valence electrons. The molecule has 8 N–H and O–H groups in total. The molecule has 0 amide bonds. The first-order valence-electron chi connectivity index (χ1n) is 41.3. The Labute approximate surface area is 766 Å². The molecule has 28 heteroatoms. The van der Waals surface area contributed by atoms with Crippen molar-refractivity contribution in [3.8, 4) is 95.9 Å². The predicted molar refractivity (Wildman–Crippen MR) is 513 cm³/mol. The first kappa shape index (κ1) is 101. The molecule has 0 saturated heterocycles. The highest BCUT2D eigenvalue weighted by atomic mass is 32.3. The van der Waals surface area contributed by atoms with E-state index in [1.807, 2.05) is 200 Å². The molecule has 17 rings (SSSR count). The lowest BCUT2D eigenvalue weighted by Gasteiger charge is -2.07. The van der Waals surface area contributed by atoms with Crippen LogP contribution in [0, 0.1) is 0 Å². The van der Waals surface area contributed by atoms with E-state index in [1.54, 1.807) is 91.0 Å². The molecule has 134 heavy (non-hydrogen) atoms. The van der Waals surface area contributed by atoms with Crippen molar-refractivity contribution in [2.75, 3.05) is 13.2 Å². The summed E-state index contributed by atoms with van der Waals surface area (Å²) < 4.78 is 73.8. The van der Waals surface area contributed by atoms with E-state index in [9.17, 15) is 53.4 Å². The average molecular weight is 1830 g/mol. The van der Waals surface area contributed by atoms with E-state index >= 15 is 0 Å². The van der Waals surface area contributed by atoms with Crippen molar-refractivity contribution in [3.63, 3.8) is 0 Å². The van der Waals surface area contributed by atoms with Gasteiger partial charge in [-0.2, -0.15) is 8.42 Å². The average Bonchev–Trinajstić information content (AvgIpc) is 0.670. The number of aldehydes is 1. The third-order valence-corrected chi connectivity index (χ3v) is 18.7. The van der Waals surface area contributed by atoms with Crippen LogP contribution in [0.1, 0.15) is 68.3 Å². The summed E-state index contributed by atoms with van der Waals surface area (Å²) in [7, 11) is -4.67. The van der Waals surface area contributed by atoms with Crippen LogP contribution in [0.4, 0.5) is 0 Å². The zero-order valence-corrected chi connectivity index (χ0v) is 73.2. The Morgan fingerprint density at radius 1 is 0.358 bits per heavy atom. The highest BCUT2D eigenvalue weighted by molar-refractivity contribution is 7.79. The predicted octanol–water partition coefficient (Wildman–Crippen LogP) is 21.2. The van der Waals surface area contributed by atoms with E-state index in [-0.39, 0.29) is 40.6 Å². The highest BCUT2D eigenvalue weighted by Crippen LogP contribution is 2.31. The van der Waals surface area contributed by atoms with Crippen LogP contribution in [0.3, 0.4) is 0 Å². The van der Waals surface area contributed by atoms with Gasteiger partial charge in [-0.05, 0) is 175 Å². The standard InChI is InChI=1S/C21H20O3.2C17H12O4.2C15H10O3.C8H8O2.C7H6O3.C6H12O.H2O4S/c1-2-3-4-8-13-23-18-12-11-17-14-19(16-9-6-5-7-10-16)21(22)24-20(17)15-18;2*1-11(18)20-14-8-7-13-9-15(12-5-3-2-4-6-12)17(19)21-16(13)10-14;2*16-12-7-6-11-8-13(10-4-2-1-3-5-10)15(17)18-14(11)9-12;9-8(10)6-7-4-2-1-3-5-7;8-4-5-1-2-6(9)3-7(5)10;1-2-3-4-5-6-7;1-5(2,3)4/h2,5-7,9-12,14-15H,1,3-4,8,13H2;2*2-10H,1H3;2*1-9,16H;1-5H,6H2,(H,9,10);1-4,9-10H;2,7H,1,3-6H2;(H2,1,2,3,4). The number of carboxylic acids is 1. The lowest BCUT2D eigenvalue weighted by atomic mass is 10.1. The molecule has 17 aromatic rings. The summed E-state index contributed by atoms with van der Waals surface area (Å²) in [6, 6.07) is 93.7. The molecule has 0 saturated carbocycles. The van der Waals surface area contributed by atoms with Crippen LogP contribution in [-0.4, -0.2) is 85.6 Å². The maximum atomic E-state index is 12.3. The molecule has 0 spiro atoms. The summed E-state index contributed by atoms with van der Waals surface area (Å²) in [6.07, 6.45) is 10.5. The Balaban J connectivity index is 0.000000174. The zero-order valence-electron chi connectivity index (χ0n) is 72.4. The number of carbonyl (C=O) groups is 4. The Morgan fingerprint density at radius 3 is 0.925 bits per heavy atom. The number of allylic oxidation sites excluding steroid dienone is 2. The van der Waals surface area contributed by atoms with Gasteiger partial charge in [-0.3, -0.25) is 28.3 Å². The zero-order chi connectivity index (χ0) is 96.5. The minimum atomic E-state index is -4.67. The van der Waals surface area contributed by atoms with Crippen LogP contribution in [0.2, 0.25) is 0 Å². The van der Waals surface area contributed by atoms with Crippen LogP contribution >= 0.6 is 0 Å². The second-order valence-electron chi connectivity index (χ2n) is 28.8. The Morgan fingerprint density at radius 2 is 0.634 bits per heavy atom. The largest absolute Gasteiger partial charge is 0.508 e. The number of aromatic hydroxyl groups is 4. The van der Waals surface area contributed by atoms with Gasteiger partial charge in [0, 0.05) is 83.8 Å². The molecule has 0 bridgehead atoms. The number of esters is 2. The van der Waals surface area contributed by atoms with Gasteiger partial charge < -0.3 is 66.9 Å². The van der Waals surface area contributed by atoms with Crippen LogP contribution in [0.25, 0.3) is 110 Å². The number of phenols is 4. The number of aliphatic hydroxyl groups is 1. The van der Waals surface area contributed by atoms with Gasteiger partial charge in [0.2, 0.25) is 0 Å². The second-order valence-corrected chi connectivity index (χ2v) is 29.7. The van der Waals surface area contributed by atoms with Crippen molar-refractivity contribution in [2.45, 2.75) is 58.8 Å². The Bertz CT molecular complexity index is 6970. The summed E-state index contributed by atoms with van der Waals surface area (Å²) >= 11 is 0. The van der Waals surface area contributed by atoms with Gasteiger partial charge in [0.25, 0.3) is 0 Å². The summed E-state index contributed by atoms with van der Waals surface area (Å²) in [4.78, 5) is 102. The first-order valence-corrected chi connectivity index (χ1v) is 42.7. The molecule has 0 aliphatic carbocycles. The molecule has 27 nitrogen and oxygen atoms in total. The van der Waals surface area contributed by atoms with E-state index < -0.39 is 50.8 Å². The first-order chi connectivity index (χ1) is 64.4. The minimum absolute atomic E-state index is 0.0527. The number of aliphatic hydroxyl groups excluding tert-OH is 1. The third kappa shape index (κ3) is 32.7. The molecular formula is C106H92O27S. The fourth-order valence-corrected chi connectivity index (χ4v) is 12.5. The fourth-order valence-electron chi connectivity index (χ4n) is 12.5. The monoisotopic (exact) mass is 1830 g/mol. The number of benzene rings is 12. The summed E-state index contributed by atoms with van der Waals surface area (Å²) in [5, 5.41) is 57.0. The number of aliphatic carboxylic acids is 1. The van der Waals surface area contributed by atoms with Gasteiger partial charge in [-0.25, -0.2) is 24.0 Å². The highest BCUT2D eigenvalue weighted by Gasteiger charge is 2.15. The van der Waals surface area contributed by atoms with E-state index in [0.717, 1.165) is 111 Å². The van der Waals surface area contributed by atoms with Gasteiger partial charge >= 0.3 is 56.4 Å². The second kappa shape index (κ2) is 51.3.